The summed E-state index contributed by atoms with van der Waals surface area (Å²) in [5.41, 5.74) is -1.42. The minimum atomic E-state index is -1.79. The Balaban J connectivity index is 1.64. The fourth-order valence-corrected chi connectivity index (χ4v) is 2.82. The van der Waals surface area contributed by atoms with Gasteiger partial charge in [0.15, 0.2) is 17.2 Å². The number of carbonyl (C=O) groups is 2. The third-order valence-corrected chi connectivity index (χ3v) is 4.50. The summed E-state index contributed by atoms with van der Waals surface area (Å²) in [6, 6.07) is 9.25. The molecule has 0 aliphatic carbocycles. The summed E-state index contributed by atoms with van der Waals surface area (Å²) in [4.78, 5) is 25.0. The number of amides is 1. The number of nitrogens with zero attached hydrogens (tertiary/aromatic N) is 1. The number of aliphatic carboxylic acids is 1. The van der Waals surface area contributed by atoms with E-state index in [2.05, 4.69) is 0 Å². The van der Waals surface area contributed by atoms with E-state index in [0.717, 1.165) is 12.1 Å². The number of carboxylic acids is 1. The second-order valence-electron chi connectivity index (χ2n) is 6.33. The van der Waals surface area contributed by atoms with Crippen LogP contribution in [0.5, 0.6) is 11.5 Å². The first-order chi connectivity index (χ1) is 12.8. The van der Waals surface area contributed by atoms with Crippen LogP contribution < -0.4 is 4.74 Å². The van der Waals surface area contributed by atoms with E-state index in [0.29, 0.717) is 11.3 Å². The molecule has 1 aliphatic heterocycles. The number of benzene rings is 2. The SMILES string of the molecule is O=C(c1ccc(Oc2ccc(F)c(F)c2)cc1)N1CCC(O)(C(=O)O)CC1. The van der Waals surface area contributed by atoms with Crippen LogP contribution in [0.15, 0.2) is 42.5 Å². The normalized spacial score (nSPS) is 16.0. The molecule has 3 rings (SSSR count). The molecule has 2 aromatic carbocycles. The molecular formula is C19H17F2NO5. The monoisotopic (exact) mass is 377 g/mol. The van der Waals surface area contributed by atoms with Crippen molar-refractivity contribution in [2.75, 3.05) is 13.1 Å². The third kappa shape index (κ3) is 4.06. The lowest BCUT2D eigenvalue weighted by atomic mass is 9.91. The Bertz CT molecular complexity index is 861. The zero-order valence-corrected chi connectivity index (χ0v) is 14.2. The van der Waals surface area contributed by atoms with Crippen molar-refractivity contribution in [3.63, 3.8) is 0 Å². The number of ether oxygens (including phenoxy) is 1. The zero-order valence-electron chi connectivity index (χ0n) is 14.2. The summed E-state index contributed by atoms with van der Waals surface area (Å²) in [5, 5.41) is 18.9. The Morgan fingerprint density at radius 1 is 0.963 bits per heavy atom. The van der Waals surface area contributed by atoms with Gasteiger partial charge in [0, 0.05) is 37.6 Å². The molecule has 1 aliphatic rings. The molecule has 142 valence electrons. The summed E-state index contributed by atoms with van der Waals surface area (Å²) in [5.74, 6) is -3.10. The third-order valence-electron chi connectivity index (χ3n) is 4.50. The fraction of sp³-hybridized carbons (Fsp3) is 0.263. The van der Waals surface area contributed by atoms with Crippen LogP contribution in [-0.2, 0) is 4.79 Å². The van der Waals surface area contributed by atoms with Gasteiger partial charge in [-0.3, -0.25) is 4.79 Å². The van der Waals surface area contributed by atoms with E-state index in [1.54, 1.807) is 0 Å². The van der Waals surface area contributed by atoms with Gasteiger partial charge in [0.05, 0.1) is 0 Å². The quantitative estimate of drug-likeness (QED) is 0.856. The molecule has 27 heavy (non-hydrogen) atoms. The smallest absolute Gasteiger partial charge is 0.335 e. The lowest BCUT2D eigenvalue weighted by Gasteiger charge is -2.35. The van der Waals surface area contributed by atoms with Crippen LogP contribution in [0.4, 0.5) is 8.78 Å². The number of hydrogen-bond acceptors (Lipinski definition) is 4. The molecule has 0 aromatic heterocycles. The van der Waals surface area contributed by atoms with E-state index in [1.807, 2.05) is 0 Å². The summed E-state index contributed by atoms with van der Waals surface area (Å²) in [7, 11) is 0. The Labute approximate surface area is 153 Å². The molecule has 6 nitrogen and oxygen atoms in total. The molecule has 1 amide bonds. The first-order valence-electron chi connectivity index (χ1n) is 8.26. The average Bonchev–Trinajstić information content (AvgIpc) is 2.65. The molecule has 0 radical (unpaired) electrons. The number of rotatable bonds is 4. The molecular weight excluding hydrogens is 360 g/mol. The standard InChI is InChI=1S/C19H17F2NO5/c20-15-6-5-14(11-16(15)21)27-13-3-1-12(2-4-13)17(23)22-9-7-19(26,8-10-22)18(24)25/h1-6,11,26H,7-10H2,(H,24,25). The zero-order chi connectivity index (χ0) is 19.6. The van der Waals surface area contributed by atoms with Crippen LogP contribution in [0.3, 0.4) is 0 Å². The molecule has 8 heteroatoms. The highest BCUT2D eigenvalue weighted by Gasteiger charge is 2.40. The van der Waals surface area contributed by atoms with Gasteiger partial charge in [-0.05, 0) is 36.4 Å². The lowest BCUT2D eigenvalue weighted by Crippen LogP contribution is -2.50. The van der Waals surface area contributed by atoms with Crippen molar-refractivity contribution >= 4 is 11.9 Å². The second kappa shape index (κ2) is 7.32. The summed E-state index contributed by atoms with van der Waals surface area (Å²) < 4.78 is 31.5. The maximum absolute atomic E-state index is 13.2. The van der Waals surface area contributed by atoms with E-state index < -0.39 is 23.2 Å². The topological polar surface area (TPSA) is 87.1 Å². The van der Waals surface area contributed by atoms with Crippen LogP contribution in [-0.4, -0.2) is 45.7 Å². The van der Waals surface area contributed by atoms with Gasteiger partial charge in [0.25, 0.3) is 5.91 Å². The Morgan fingerprint density at radius 2 is 1.56 bits per heavy atom. The number of carbonyl (C=O) groups excluding carboxylic acids is 1. The Kier molecular flexibility index (Phi) is 5.09. The van der Waals surface area contributed by atoms with Crippen molar-refractivity contribution in [3.05, 3.63) is 59.7 Å². The Morgan fingerprint density at radius 3 is 2.11 bits per heavy atom. The molecule has 0 bridgehead atoms. The highest BCUT2D eigenvalue weighted by atomic mass is 19.2. The van der Waals surface area contributed by atoms with E-state index in [4.69, 9.17) is 9.84 Å². The highest BCUT2D eigenvalue weighted by Crippen LogP contribution is 2.26. The maximum Gasteiger partial charge on any atom is 0.335 e. The van der Waals surface area contributed by atoms with Gasteiger partial charge in [-0.15, -0.1) is 0 Å². The molecule has 2 aromatic rings. The molecule has 1 fully saturated rings. The average molecular weight is 377 g/mol. The minimum Gasteiger partial charge on any atom is -0.479 e. The summed E-state index contributed by atoms with van der Waals surface area (Å²) in [6.45, 7) is 0.267. The number of hydrogen-bond donors (Lipinski definition) is 2. The molecule has 1 heterocycles. The fourth-order valence-electron chi connectivity index (χ4n) is 2.82. The van der Waals surface area contributed by atoms with Gasteiger partial charge in [-0.1, -0.05) is 0 Å². The molecule has 0 spiro atoms. The van der Waals surface area contributed by atoms with Crippen molar-refractivity contribution in [1.82, 2.24) is 4.90 Å². The van der Waals surface area contributed by atoms with Crippen LogP contribution in [0.2, 0.25) is 0 Å². The number of piperidine rings is 1. The summed E-state index contributed by atoms with van der Waals surface area (Å²) >= 11 is 0. The molecule has 0 atom stereocenters. The van der Waals surface area contributed by atoms with Gasteiger partial charge in [0.1, 0.15) is 11.5 Å². The van der Waals surface area contributed by atoms with E-state index in [-0.39, 0.29) is 37.6 Å². The van der Waals surface area contributed by atoms with Crippen molar-refractivity contribution in [2.45, 2.75) is 18.4 Å². The Hall–Kier alpha value is -3.00. The number of aliphatic hydroxyl groups is 1. The van der Waals surface area contributed by atoms with Gasteiger partial charge >= 0.3 is 5.97 Å². The largest absolute Gasteiger partial charge is 0.479 e. The van der Waals surface area contributed by atoms with Crippen molar-refractivity contribution in [2.24, 2.45) is 0 Å². The van der Waals surface area contributed by atoms with Gasteiger partial charge in [0.2, 0.25) is 0 Å². The van der Waals surface area contributed by atoms with E-state index in [9.17, 15) is 23.5 Å². The number of carboxylic acid groups (broad SMARTS) is 1. The van der Waals surface area contributed by atoms with Crippen LogP contribution in [0.1, 0.15) is 23.2 Å². The van der Waals surface area contributed by atoms with Crippen LogP contribution >= 0.6 is 0 Å². The van der Waals surface area contributed by atoms with Crippen LogP contribution in [0, 0.1) is 11.6 Å². The van der Waals surface area contributed by atoms with Gasteiger partial charge in [-0.25, -0.2) is 13.6 Å². The second-order valence-corrected chi connectivity index (χ2v) is 6.33. The lowest BCUT2D eigenvalue weighted by molar-refractivity contribution is -0.162. The predicted molar refractivity (Wildman–Crippen MR) is 90.6 cm³/mol. The van der Waals surface area contributed by atoms with Crippen molar-refractivity contribution in [1.29, 1.82) is 0 Å². The van der Waals surface area contributed by atoms with E-state index >= 15 is 0 Å². The first-order valence-corrected chi connectivity index (χ1v) is 8.26. The molecule has 2 N–H and O–H groups in total. The highest BCUT2D eigenvalue weighted by molar-refractivity contribution is 5.94. The van der Waals surface area contributed by atoms with E-state index in [1.165, 1.54) is 35.2 Å². The minimum absolute atomic E-state index is 0.0363. The number of halogens is 2. The molecule has 0 unspecified atom stereocenters. The molecule has 1 saturated heterocycles. The maximum atomic E-state index is 13.2. The van der Waals surface area contributed by atoms with Crippen molar-refractivity contribution < 1.29 is 33.3 Å². The molecule has 0 saturated carbocycles. The number of likely N-dealkylation sites (tertiary alicyclic amines) is 1. The van der Waals surface area contributed by atoms with Crippen LogP contribution in [0.25, 0.3) is 0 Å². The van der Waals surface area contributed by atoms with Gasteiger partial charge < -0.3 is 19.8 Å². The predicted octanol–water partition coefficient (Wildman–Crippen LogP) is 2.81. The van der Waals surface area contributed by atoms with Gasteiger partial charge in [-0.2, -0.15) is 0 Å². The first kappa shape index (κ1) is 18.8. The summed E-state index contributed by atoms with van der Waals surface area (Å²) in [6.07, 6.45) is -0.0726. The van der Waals surface area contributed by atoms with Crippen molar-refractivity contribution in [3.8, 4) is 11.5 Å².